The Kier molecular flexibility index (Phi) is 3.57. The molecule has 1 heterocycles. The van der Waals surface area contributed by atoms with Crippen LogP contribution in [0.5, 0.6) is 0 Å². The van der Waals surface area contributed by atoms with E-state index in [2.05, 4.69) is 10.4 Å². The summed E-state index contributed by atoms with van der Waals surface area (Å²) in [6.45, 7) is 2.26. The molecule has 1 aromatic rings. The third-order valence-electron chi connectivity index (χ3n) is 2.63. The lowest BCUT2D eigenvalue weighted by molar-refractivity contribution is 0.528. The number of hydrogen-bond acceptors (Lipinski definition) is 2. The SMILES string of the molecule is c1cnn(CCCCCNC2CC2)c1. The van der Waals surface area contributed by atoms with Crippen molar-refractivity contribution in [3.05, 3.63) is 18.5 Å². The lowest BCUT2D eigenvalue weighted by atomic mass is 10.2. The van der Waals surface area contributed by atoms with E-state index >= 15 is 0 Å². The number of nitrogens with zero attached hydrogens (tertiary/aromatic N) is 2. The minimum atomic E-state index is 0.862. The number of unbranched alkanes of at least 4 members (excludes halogenated alkanes) is 2. The number of hydrogen-bond donors (Lipinski definition) is 1. The molecule has 0 aromatic carbocycles. The highest BCUT2D eigenvalue weighted by atomic mass is 15.3. The number of aromatic nitrogens is 2. The fourth-order valence-electron chi connectivity index (χ4n) is 1.60. The van der Waals surface area contributed by atoms with Gasteiger partial charge in [0.2, 0.25) is 0 Å². The molecule has 14 heavy (non-hydrogen) atoms. The molecule has 0 saturated heterocycles. The molecule has 0 bridgehead atoms. The van der Waals surface area contributed by atoms with E-state index in [1.807, 2.05) is 23.1 Å². The maximum absolute atomic E-state index is 4.17. The van der Waals surface area contributed by atoms with Gasteiger partial charge in [0, 0.05) is 25.0 Å². The molecule has 1 N–H and O–H groups in total. The molecule has 0 amide bonds. The maximum Gasteiger partial charge on any atom is 0.0489 e. The highest BCUT2D eigenvalue weighted by molar-refractivity contribution is 4.80. The van der Waals surface area contributed by atoms with Crippen LogP contribution in [0.25, 0.3) is 0 Å². The third-order valence-corrected chi connectivity index (χ3v) is 2.63. The quantitative estimate of drug-likeness (QED) is 0.669. The summed E-state index contributed by atoms with van der Waals surface area (Å²) in [6, 6.07) is 2.84. The van der Waals surface area contributed by atoms with Gasteiger partial charge in [-0.25, -0.2) is 0 Å². The van der Waals surface area contributed by atoms with Gasteiger partial charge in [-0.3, -0.25) is 4.68 Å². The largest absolute Gasteiger partial charge is 0.314 e. The molecule has 0 spiro atoms. The number of nitrogens with one attached hydrogen (secondary N) is 1. The summed E-state index contributed by atoms with van der Waals surface area (Å²) in [5.41, 5.74) is 0. The normalized spacial score (nSPS) is 16.0. The minimum absolute atomic E-state index is 0.862. The molecule has 1 fully saturated rings. The molecule has 1 saturated carbocycles. The number of aryl methyl sites for hydroxylation is 1. The molecule has 0 radical (unpaired) electrons. The van der Waals surface area contributed by atoms with Crippen molar-refractivity contribution in [2.24, 2.45) is 0 Å². The average Bonchev–Trinajstić information content (AvgIpc) is 2.87. The Morgan fingerprint density at radius 3 is 2.93 bits per heavy atom. The second-order valence-corrected chi connectivity index (χ2v) is 4.06. The van der Waals surface area contributed by atoms with Gasteiger partial charge in [0.1, 0.15) is 0 Å². The fourth-order valence-corrected chi connectivity index (χ4v) is 1.60. The first-order valence-corrected chi connectivity index (χ1v) is 5.66. The van der Waals surface area contributed by atoms with E-state index in [1.54, 1.807) is 0 Å². The van der Waals surface area contributed by atoms with E-state index in [0.29, 0.717) is 0 Å². The standard InChI is InChI=1S/C11H19N3/c1(2-7-12-11-5-6-11)3-9-14-10-4-8-13-14/h4,8,10-12H,1-3,5-7,9H2. The Bertz CT molecular complexity index is 239. The van der Waals surface area contributed by atoms with Crippen LogP contribution in [-0.2, 0) is 6.54 Å². The highest BCUT2D eigenvalue weighted by Crippen LogP contribution is 2.18. The third kappa shape index (κ3) is 3.50. The van der Waals surface area contributed by atoms with Gasteiger partial charge in [-0.2, -0.15) is 5.10 Å². The first-order valence-electron chi connectivity index (χ1n) is 5.66. The van der Waals surface area contributed by atoms with Crippen LogP contribution < -0.4 is 5.32 Å². The second-order valence-electron chi connectivity index (χ2n) is 4.06. The first kappa shape index (κ1) is 9.71. The summed E-state index contributed by atoms with van der Waals surface area (Å²) >= 11 is 0. The van der Waals surface area contributed by atoms with E-state index in [0.717, 1.165) is 12.6 Å². The van der Waals surface area contributed by atoms with Crippen LogP contribution in [0.4, 0.5) is 0 Å². The Morgan fingerprint density at radius 1 is 1.29 bits per heavy atom. The van der Waals surface area contributed by atoms with Gasteiger partial charge in [-0.1, -0.05) is 6.42 Å². The molecule has 1 aliphatic rings. The molecule has 0 atom stereocenters. The zero-order valence-corrected chi connectivity index (χ0v) is 8.65. The maximum atomic E-state index is 4.17. The summed E-state index contributed by atoms with van der Waals surface area (Å²) in [7, 11) is 0. The van der Waals surface area contributed by atoms with Crippen molar-refractivity contribution < 1.29 is 0 Å². The Hall–Kier alpha value is -0.830. The molecule has 1 aliphatic carbocycles. The Morgan fingerprint density at radius 2 is 2.21 bits per heavy atom. The highest BCUT2D eigenvalue weighted by Gasteiger charge is 2.19. The zero-order valence-electron chi connectivity index (χ0n) is 8.65. The van der Waals surface area contributed by atoms with Crippen LogP contribution in [0.1, 0.15) is 32.1 Å². The van der Waals surface area contributed by atoms with E-state index < -0.39 is 0 Å². The van der Waals surface area contributed by atoms with Gasteiger partial charge in [-0.05, 0) is 38.3 Å². The molecule has 1 aromatic heterocycles. The lowest BCUT2D eigenvalue weighted by Gasteiger charge is -2.03. The first-order chi connectivity index (χ1) is 6.95. The van der Waals surface area contributed by atoms with Crippen molar-refractivity contribution in [1.82, 2.24) is 15.1 Å². The van der Waals surface area contributed by atoms with Crippen molar-refractivity contribution in [3.63, 3.8) is 0 Å². The van der Waals surface area contributed by atoms with Crippen molar-refractivity contribution in [2.75, 3.05) is 6.54 Å². The van der Waals surface area contributed by atoms with Crippen molar-refractivity contribution in [1.29, 1.82) is 0 Å². The van der Waals surface area contributed by atoms with Gasteiger partial charge < -0.3 is 5.32 Å². The summed E-state index contributed by atoms with van der Waals surface area (Å²) in [5.74, 6) is 0. The summed E-state index contributed by atoms with van der Waals surface area (Å²) < 4.78 is 2.01. The van der Waals surface area contributed by atoms with Gasteiger partial charge >= 0.3 is 0 Å². The van der Waals surface area contributed by atoms with Crippen LogP contribution in [0.15, 0.2) is 18.5 Å². The topological polar surface area (TPSA) is 29.9 Å². The van der Waals surface area contributed by atoms with E-state index in [9.17, 15) is 0 Å². The Labute approximate surface area is 85.5 Å². The summed E-state index contributed by atoms with van der Waals surface area (Å²) in [5, 5.41) is 7.70. The minimum Gasteiger partial charge on any atom is -0.314 e. The van der Waals surface area contributed by atoms with E-state index in [-0.39, 0.29) is 0 Å². The van der Waals surface area contributed by atoms with Crippen LogP contribution >= 0.6 is 0 Å². The van der Waals surface area contributed by atoms with Gasteiger partial charge in [0.15, 0.2) is 0 Å². The van der Waals surface area contributed by atoms with Crippen LogP contribution in [0.3, 0.4) is 0 Å². The molecule has 78 valence electrons. The smallest absolute Gasteiger partial charge is 0.0489 e. The lowest BCUT2D eigenvalue weighted by Crippen LogP contribution is -2.17. The van der Waals surface area contributed by atoms with Gasteiger partial charge in [0.25, 0.3) is 0 Å². The average molecular weight is 193 g/mol. The zero-order chi connectivity index (χ0) is 9.64. The molecule has 3 heteroatoms. The van der Waals surface area contributed by atoms with Crippen molar-refractivity contribution in [3.8, 4) is 0 Å². The summed E-state index contributed by atoms with van der Waals surface area (Å²) in [4.78, 5) is 0. The fraction of sp³-hybridized carbons (Fsp3) is 0.727. The summed E-state index contributed by atoms with van der Waals surface area (Å²) in [6.07, 6.45) is 10.5. The number of rotatable bonds is 7. The van der Waals surface area contributed by atoms with Gasteiger partial charge in [-0.15, -0.1) is 0 Å². The monoisotopic (exact) mass is 193 g/mol. The molecular formula is C11H19N3. The van der Waals surface area contributed by atoms with Crippen molar-refractivity contribution in [2.45, 2.75) is 44.7 Å². The second kappa shape index (κ2) is 5.15. The van der Waals surface area contributed by atoms with Crippen LogP contribution in [-0.4, -0.2) is 22.4 Å². The van der Waals surface area contributed by atoms with E-state index in [1.165, 1.54) is 38.6 Å². The predicted octanol–water partition coefficient (Wildman–Crippen LogP) is 1.81. The molecule has 2 rings (SSSR count). The van der Waals surface area contributed by atoms with Crippen LogP contribution in [0.2, 0.25) is 0 Å². The van der Waals surface area contributed by atoms with E-state index in [4.69, 9.17) is 0 Å². The van der Waals surface area contributed by atoms with Crippen molar-refractivity contribution >= 4 is 0 Å². The molecule has 0 aliphatic heterocycles. The predicted molar refractivity (Wildman–Crippen MR) is 57.1 cm³/mol. The van der Waals surface area contributed by atoms with Gasteiger partial charge in [0.05, 0.1) is 0 Å². The molecular weight excluding hydrogens is 174 g/mol. The van der Waals surface area contributed by atoms with Crippen LogP contribution in [0, 0.1) is 0 Å². The molecule has 3 nitrogen and oxygen atoms in total. The Balaban J connectivity index is 1.43. The molecule has 0 unspecified atom stereocenters.